The molecule has 2 N–H and O–H groups in total. The van der Waals surface area contributed by atoms with E-state index in [-0.39, 0.29) is 17.9 Å². The summed E-state index contributed by atoms with van der Waals surface area (Å²) in [5.74, 6) is 0.601. The molecule has 0 radical (unpaired) electrons. The lowest BCUT2D eigenvalue weighted by atomic mass is 10.2. The van der Waals surface area contributed by atoms with Crippen molar-refractivity contribution in [2.45, 2.75) is 25.4 Å². The van der Waals surface area contributed by atoms with Crippen LogP contribution in [0.25, 0.3) is 0 Å². The van der Waals surface area contributed by atoms with Crippen molar-refractivity contribution in [3.8, 4) is 5.75 Å². The van der Waals surface area contributed by atoms with Gasteiger partial charge in [0, 0.05) is 13.0 Å². The molecule has 2 amide bonds. The quantitative estimate of drug-likeness (QED) is 0.819. The summed E-state index contributed by atoms with van der Waals surface area (Å²) in [7, 11) is 1.61. The molecule has 2 rings (SSSR count). The molecule has 0 saturated carbocycles. The van der Waals surface area contributed by atoms with Crippen LogP contribution < -0.4 is 15.4 Å². The molecule has 1 aliphatic heterocycles. The smallest absolute Gasteiger partial charge is 0.242 e. The lowest BCUT2D eigenvalue weighted by molar-refractivity contribution is -0.125. The molecule has 0 aromatic heterocycles. The Labute approximate surface area is 106 Å². The van der Waals surface area contributed by atoms with Crippen LogP contribution in [0.2, 0.25) is 0 Å². The first-order valence-electron chi connectivity index (χ1n) is 5.89. The van der Waals surface area contributed by atoms with Crippen LogP contribution in [0, 0.1) is 0 Å². The number of carbonyl (C=O) groups is 2. The summed E-state index contributed by atoms with van der Waals surface area (Å²) in [6.07, 6.45) is 1.01. The molecule has 5 heteroatoms. The van der Waals surface area contributed by atoms with E-state index in [1.54, 1.807) is 7.11 Å². The fourth-order valence-corrected chi connectivity index (χ4v) is 1.87. The highest BCUT2D eigenvalue weighted by Crippen LogP contribution is 2.11. The molecule has 1 atom stereocenters. The number of benzene rings is 1. The van der Waals surface area contributed by atoms with Crippen LogP contribution >= 0.6 is 0 Å². The van der Waals surface area contributed by atoms with Crippen molar-refractivity contribution in [2.24, 2.45) is 0 Å². The Morgan fingerprint density at radius 1 is 1.44 bits per heavy atom. The fourth-order valence-electron chi connectivity index (χ4n) is 1.87. The van der Waals surface area contributed by atoms with E-state index in [2.05, 4.69) is 10.6 Å². The molecule has 0 spiro atoms. The molecule has 1 saturated heterocycles. The van der Waals surface area contributed by atoms with Crippen molar-refractivity contribution in [1.82, 2.24) is 10.6 Å². The Bertz CT molecular complexity index is 442. The molecule has 1 aromatic rings. The lowest BCUT2D eigenvalue weighted by Gasteiger charge is -2.11. The third kappa shape index (κ3) is 3.00. The normalized spacial score (nSPS) is 18.3. The molecular weight excluding hydrogens is 232 g/mol. The summed E-state index contributed by atoms with van der Waals surface area (Å²) in [4.78, 5) is 22.7. The van der Waals surface area contributed by atoms with Gasteiger partial charge in [0.1, 0.15) is 11.8 Å². The number of methoxy groups -OCH3 is 1. The van der Waals surface area contributed by atoms with Gasteiger partial charge in [-0.25, -0.2) is 0 Å². The standard InChI is InChI=1S/C13H16N2O3/c1-18-10-4-2-9(3-5-10)8-14-13(17)11-6-7-12(16)15-11/h2-5,11H,6-8H2,1H3,(H,14,17)(H,15,16)/t11-/m0/s1. The van der Waals surface area contributed by atoms with E-state index in [1.807, 2.05) is 24.3 Å². The molecular formula is C13H16N2O3. The van der Waals surface area contributed by atoms with Crippen LogP contribution in [0.4, 0.5) is 0 Å². The van der Waals surface area contributed by atoms with Crippen LogP contribution in [-0.2, 0) is 16.1 Å². The Morgan fingerprint density at radius 2 is 2.17 bits per heavy atom. The van der Waals surface area contributed by atoms with Gasteiger partial charge in [0.05, 0.1) is 7.11 Å². The van der Waals surface area contributed by atoms with Gasteiger partial charge in [0.15, 0.2) is 0 Å². The Hall–Kier alpha value is -2.04. The van der Waals surface area contributed by atoms with Gasteiger partial charge in [-0.2, -0.15) is 0 Å². The van der Waals surface area contributed by atoms with E-state index in [1.165, 1.54) is 0 Å². The van der Waals surface area contributed by atoms with Gasteiger partial charge >= 0.3 is 0 Å². The molecule has 0 bridgehead atoms. The van der Waals surface area contributed by atoms with Crippen molar-refractivity contribution < 1.29 is 14.3 Å². The number of carbonyl (C=O) groups excluding carboxylic acids is 2. The molecule has 1 heterocycles. The van der Waals surface area contributed by atoms with Crippen molar-refractivity contribution in [2.75, 3.05) is 7.11 Å². The third-order valence-electron chi connectivity index (χ3n) is 2.94. The number of ether oxygens (including phenoxy) is 1. The molecule has 96 valence electrons. The number of hydrogen-bond donors (Lipinski definition) is 2. The highest BCUT2D eigenvalue weighted by Gasteiger charge is 2.26. The van der Waals surface area contributed by atoms with Gasteiger partial charge in [0.2, 0.25) is 11.8 Å². The average Bonchev–Trinajstić information content (AvgIpc) is 2.83. The molecule has 1 fully saturated rings. The SMILES string of the molecule is COc1ccc(CNC(=O)[C@@H]2CCC(=O)N2)cc1. The topological polar surface area (TPSA) is 67.4 Å². The Morgan fingerprint density at radius 3 is 2.72 bits per heavy atom. The first kappa shape index (κ1) is 12.4. The second-order valence-electron chi connectivity index (χ2n) is 4.22. The lowest BCUT2D eigenvalue weighted by Crippen LogP contribution is -2.41. The van der Waals surface area contributed by atoms with E-state index in [4.69, 9.17) is 4.74 Å². The van der Waals surface area contributed by atoms with Gasteiger partial charge in [-0.3, -0.25) is 9.59 Å². The van der Waals surface area contributed by atoms with Crippen LogP contribution in [0.1, 0.15) is 18.4 Å². The van der Waals surface area contributed by atoms with E-state index >= 15 is 0 Å². The van der Waals surface area contributed by atoms with Crippen molar-refractivity contribution in [3.63, 3.8) is 0 Å². The van der Waals surface area contributed by atoms with Crippen molar-refractivity contribution in [3.05, 3.63) is 29.8 Å². The summed E-state index contributed by atoms with van der Waals surface area (Å²) in [5.41, 5.74) is 0.994. The minimum Gasteiger partial charge on any atom is -0.497 e. The van der Waals surface area contributed by atoms with Gasteiger partial charge in [0.25, 0.3) is 0 Å². The van der Waals surface area contributed by atoms with Crippen LogP contribution in [0.15, 0.2) is 24.3 Å². The Kier molecular flexibility index (Phi) is 3.82. The van der Waals surface area contributed by atoms with E-state index in [9.17, 15) is 9.59 Å². The molecule has 1 aliphatic rings. The monoisotopic (exact) mass is 248 g/mol. The highest BCUT2D eigenvalue weighted by molar-refractivity contribution is 5.90. The van der Waals surface area contributed by atoms with Crippen molar-refractivity contribution in [1.29, 1.82) is 0 Å². The molecule has 0 unspecified atom stereocenters. The number of amides is 2. The molecule has 0 aliphatic carbocycles. The third-order valence-corrected chi connectivity index (χ3v) is 2.94. The zero-order valence-electron chi connectivity index (χ0n) is 10.2. The van der Waals surface area contributed by atoms with Gasteiger partial charge in [-0.1, -0.05) is 12.1 Å². The van der Waals surface area contributed by atoms with Crippen LogP contribution in [0.5, 0.6) is 5.75 Å². The summed E-state index contributed by atoms with van der Waals surface area (Å²) < 4.78 is 5.05. The van der Waals surface area contributed by atoms with E-state index < -0.39 is 0 Å². The average molecular weight is 248 g/mol. The number of nitrogens with one attached hydrogen (secondary N) is 2. The highest BCUT2D eigenvalue weighted by atomic mass is 16.5. The zero-order chi connectivity index (χ0) is 13.0. The molecule has 1 aromatic carbocycles. The maximum Gasteiger partial charge on any atom is 0.242 e. The fraction of sp³-hybridized carbons (Fsp3) is 0.385. The summed E-state index contributed by atoms with van der Waals surface area (Å²) in [5, 5.41) is 5.44. The van der Waals surface area contributed by atoms with Crippen molar-refractivity contribution >= 4 is 11.8 Å². The van der Waals surface area contributed by atoms with Crippen LogP contribution in [0.3, 0.4) is 0 Å². The first-order valence-corrected chi connectivity index (χ1v) is 5.89. The van der Waals surface area contributed by atoms with E-state index in [0.717, 1.165) is 11.3 Å². The van der Waals surface area contributed by atoms with Gasteiger partial charge in [-0.15, -0.1) is 0 Å². The van der Waals surface area contributed by atoms with Crippen LogP contribution in [-0.4, -0.2) is 25.0 Å². The summed E-state index contributed by atoms with van der Waals surface area (Å²) in [6.45, 7) is 0.454. The molecule has 5 nitrogen and oxygen atoms in total. The molecule has 18 heavy (non-hydrogen) atoms. The second kappa shape index (κ2) is 5.53. The largest absolute Gasteiger partial charge is 0.497 e. The number of hydrogen-bond acceptors (Lipinski definition) is 3. The maximum absolute atomic E-state index is 11.7. The minimum atomic E-state index is -0.379. The summed E-state index contributed by atoms with van der Waals surface area (Å²) >= 11 is 0. The van der Waals surface area contributed by atoms with Gasteiger partial charge in [-0.05, 0) is 24.1 Å². The minimum absolute atomic E-state index is 0.0559. The van der Waals surface area contributed by atoms with Gasteiger partial charge < -0.3 is 15.4 Å². The summed E-state index contributed by atoms with van der Waals surface area (Å²) in [6, 6.07) is 7.10. The predicted molar refractivity (Wildman–Crippen MR) is 66.0 cm³/mol. The first-order chi connectivity index (χ1) is 8.69. The number of rotatable bonds is 4. The zero-order valence-corrected chi connectivity index (χ0v) is 10.2. The maximum atomic E-state index is 11.7. The second-order valence-corrected chi connectivity index (χ2v) is 4.22. The van der Waals surface area contributed by atoms with E-state index in [0.29, 0.717) is 19.4 Å². The predicted octanol–water partition coefficient (Wildman–Crippen LogP) is 0.590. The Balaban J connectivity index is 1.83.